The first-order valence-corrected chi connectivity index (χ1v) is 7.13. The van der Waals surface area contributed by atoms with E-state index in [0.29, 0.717) is 0 Å². The fourth-order valence-electron chi connectivity index (χ4n) is 1.45. The molecule has 0 fully saturated rings. The van der Waals surface area contributed by atoms with Gasteiger partial charge in [-0.1, -0.05) is 13.8 Å². The molecule has 0 amide bonds. The number of sulfonamides is 1. The first-order valence-electron chi connectivity index (χ1n) is 5.64. The van der Waals surface area contributed by atoms with E-state index in [0.717, 1.165) is 24.3 Å². The average Bonchev–Trinajstić information content (AvgIpc) is 2.35. The number of rotatable bonds is 6. The third-order valence-electron chi connectivity index (χ3n) is 2.57. The van der Waals surface area contributed by atoms with Crippen molar-refractivity contribution < 1.29 is 23.2 Å². The highest BCUT2D eigenvalue weighted by atomic mass is 32.2. The summed E-state index contributed by atoms with van der Waals surface area (Å²) in [5.41, 5.74) is -0.248. The van der Waals surface area contributed by atoms with Gasteiger partial charge in [0.15, 0.2) is 0 Å². The molecule has 1 aromatic rings. The lowest BCUT2D eigenvalue weighted by atomic mass is 10.1. The second-order valence-corrected chi connectivity index (χ2v) is 6.15. The van der Waals surface area contributed by atoms with Crippen molar-refractivity contribution in [3.05, 3.63) is 34.4 Å². The van der Waals surface area contributed by atoms with Gasteiger partial charge in [0, 0.05) is 12.1 Å². The van der Waals surface area contributed by atoms with Gasteiger partial charge < -0.3 is 5.11 Å². The molecule has 0 unspecified atom stereocenters. The van der Waals surface area contributed by atoms with Gasteiger partial charge in [0.1, 0.15) is 6.04 Å². The van der Waals surface area contributed by atoms with Crippen LogP contribution >= 0.6 is 0 Å². The molecule has 1 rings (SSSR count). The van der Waals surface area contributed by atoms with Gasteiger partial charge in [-0.3, -0.25) is 14.9 Å². The number of non-ortho nitro benzene ring substituents is 1. The standard InChI is InChI=1S/C11H14N2O6S/c1-7(2)10(11(14)15)12-20(18,19)9-5-3-8(4-6-9)13(16)17/h3-7,10,12H,1-2H3,(H,14,15)/t10-/m0/s1. The topological polar surface area (TPSA) is 127 Å². The molecule has 2 N–H and O–H groups in total. The Balaban J connectivity index is 3.04. The van der Waals surface area contributed by atoms with Crippen LogP contribution in [0.2, 0.25) is 0 Å². The maximum absolute atomic E-state index is 12.0. The molecule has 0 saturated carbocycles. The second kappa shape index (κ2) is 5.97. The maximum Gasteiger partial charge on any atom is 0.322 e. The highest BCUT2D eigenvalue weighted by Crippen LogP contribution is 2.17. The monoisotopic (exact) mass is 302 g/mol. The number of nitrogens with one attached hydrogen (secondary N) is 1. The predicted molar refractivity (Wildman–Crippen MR) is 69.7 cm³/mol. The van der Waals surface area contributed by atoms with Crippen molar-refractivity contribution in [2.45, 2.75) is 24.8 Å². The molecule has 0 saturated heterocycles. The lowest BCUT2D eigenvalue weighted by Crippen LogP contribution is -2.44. The van der Waals surface area contributed by atoms with E-state index >= 15 is 0 Å². The largest absolute Gasteiger partial charge is 0.480 e. The molecular formula is C11H14N2O6S. The first-order chi connectivity index (χ1) is 9.15. The Morgan fingerprint density at radius 3 is 2.15 bits per heavy atom. The third kappa shape index (κ3) is 3.75. The lowest BCUT2D eigenvalue weighted by molar-refractivity contribution is -0.384. The molecule has 8 nitrogen and oxygen atoms in total. The minimum atomic E-state index is -4.05. The fourth-order valence-corrected chi connectivity index (χ4v) is 2.79. The van der Waals surface area contributed by atoms with Gasteiger partial charge in [-0.05, 0) is 18.1 Å². The van der Waals surface area contributed by atoms with Gasteiger partial charge in [-0.25, -0.2) is 8.42 Å². The normalized spacial score (nSPS) is 13.2. The summed E-state index contributed by atoms with van der Waals surface area (Å²) in [4.78, 5) is 20.6. The third-order valence-corrected chi connectivity index (χ3v) is 4.03. The zero-order chi connectivity index (χ0) is 15.5. The van der Waals surface area contributed by atoms with Crippen LogP contribution in [-0.4, -0.2) is 30.5 Å². The fraction of sp³-hybridized carbons (Fsp3) is 0.364. The highest BCUT2D eigenvalue weighted by molar-refractivity contribution is 7.89. The summed E-state index contributed by atoms with van der Waals surface area (Å²) in [6.45, 7) is 3.13. The molecule has 0 aliphatic rings. The zero-order valence-electron chi connectivity index (χ0n) is 10.8. The molecule has 0 aliphatic heterocycles. The van der Waals surface area contributed by atoms with Crippen molar-refractivity contribution in [3.63, 3.8) is 0 Å². The molecule has 0 aliphatic carbocycles. The summed E-state index contributed by atoms with van der Waals surface area (Å²) in [5.74, 6) is -1.73. The van der Waals surface area contributed by atoms with Crippen molar-refractivity contribution in [1.29, 1.82) is 0 Å². The van der Waals surface area contributed by atoms with Crippen molar-refractivity contribution in [2.24, 2.45) is 5.92 Å². The lowest BCUT2D eigenvalue weighted by Gasteiger charge is -2.17. The van der Waals surface area contributed by atoms with E-state index in [-0.39, 0.29) is 10.6 Å². The Labute approximate surface area is 115 Å². The summed E-state index contributed by atoms with van der Waals surface area (Å²) in [5, 5.41) is 19.4. The number of nitrogens with zero attached hydrogens (tertiary/aromatic N) is 1. The Morgan fingerprint density at radius 2 is 1.80 bits per heavy atom. The van der Waals surface area contributed by atoms with Gasteiger partial charge in [-0.15, -0.1) is 0 Å². The Bertz CT molecular complexity index is 608. The minimum absolute atomic E-state index is 0.227. The molecule has 20 heavy (non-hydrogen) atoms. The van der Waals surface area contributed by atoms with Crippen LogP contribution in [0.15, 0.2) is 29.2 Å². The number of benzene rings is 1. The number of hydrogen-bond donors (Lipinski definition) is 2. The molecule has 0 spiro atoms. The number of nitro benzene ring substituents is 1. The number of carboxylic acid groups (broad SMARTS) is 1. The van der Waals surface area contributed by atoms with Crippen molar-refractivity contribution in [3.8, 4) is 0 Å². The average molecular weight is 302 g/mol. The molecule has 0 aromatic heterocycles. The van der Waals surface area contributed by atoms with Crippen LogP contribution in [0.1, 0.15) is 13.8 Å². The van der Waals surface area contributed by atoms with Crippen LogP contribution < -0.4 is 4.72 Å². The summed E-state index contributed by atoms with van der Waals surface area (Å²) >= 11 is 0. The summed E-state index contributed by atoms with van der Waals surface area (Å²) in [7, 11) is -4.05. The molecular weight excluding hydrogens is 288 g/mol. The smallest absolute Gasteiger partial charge is 0.322 e. The van der Waals surface area contributed by atoms with Gasteiger partial charge in [-0.2, -0.15) is 4.72 Å². The quantitative estimate of drug-likeness (QED) is 0.595. The van der Waals surface area contributed by atoms with Crippen LogP contribution in [0.5, 0.6) is 0 Å². The van der Waals surface area contributed by atoms with E-state index < -0.39 is 32.9 Å². The van der Waals surface area contributed by atoms with E-state index in [2.05, 4.69) is 4.72 Å². The Hall–Kier alpha value is -2.00. The van der Waals surface area contributed by atoms with E-state index in [4.69, 9.17) is 5.11 Å². The molecule has 1 aromatic carbocycles. The van der Waals surface area contributed by atoms with Crippen LogP contribution in [0.3, 0.4) is 0 Å². The summed E-state index contributed by atoms with van der Waals surface area (Å²) < 4.78 is 26.0. The van der Waals surface area contributed by atoms with Crippen molar-refractivity contribution in [1.82, 2.24) is 4.72 Å². The first kappa shape index (κ1) is 16.1. The number of carbonyl (C=O) groups is 1. The van der Waals surface area contributed by atoms with Gasteiger partial charge in [0.05, 0.1) is 9.82 Å². The molecule has 1 atom stereocenters. The van der Waals surface area contributed by atoms with Crippen LogP contribution in [0, 0.1) is 16.0 Å². The molecule has 0 heterocycles. The number of carboxylic acids is 1. The van der Waals surface area contributed by atoms with E-state index in [1.165, 1.54) is 0 Å². The SMILES string of the molecule is CC(C)[C@H](NS(=O)(=O)c1ccc([N+](=O)[O-])cc1)C(=O)O. The van der Waals surface area contributed by atoms with Gasteiger partial charge in [0.2, 0.25) is 10.0 Å². The van der Waals surface area contributed by atoms with E-state index in [9.17, 15) is 23.3 Å². The van der Waals surface area contributed by atoms with Crippen LogP contribution in [0.4, 0.5) is 5.69 Å². The van der Waals surface area contributed by atoms with Crippen LogP contribution in [-0.2, 0) is 14.8 Å². The predicted octanol–water partition coefficient (Wildman–Crippen LogP) is 0.982. The van der Waals surface area contributed by atoms with E-state index in [1.54, 1.807) is 13.8 Å². The number of hydrogen-bond acceptors (Lipinski definition) is 5. The Kier molecular flexibility index (Phi) is 4.79. The van der Waals surface area contributed by atoms with E-state index in [1.807, 2.05) is 0 Å². The van der Waals surface area contributed by atoms with Crippen molar-refractivity contribution in [2.75, 3.05) is 0 Å². The van der Waals surface area contributed by atoms with Gasteiger partial charge >= 0.3 is 5.97 Å². The number of nitro groups is 1. The molecule has 0 bridgehead atoms. The summed E-state index contributed by atoms with van der Waals surface area (Å²) in [6, 6.07) is 2.92. The molecule has 0 radical (unpaired) electrons. The van der Waals surface area contributed by atoms with Crippen LogP contribution in [0.25, 0.3) is 0 Å². The van der Waals surface area contributed by atoms with Gasteiger partial charge in [0.25, 0.3) is 5.69 Å². The minimum Gasteiger partial charge on any atom is -0.480 e. The van der Waals surface area contributed by atoms with Crippen molar-refractivity contribution >= 4 is 21.7 Å². The molecule has 110 valence electrons. The maximum atomic E-state index is 12.0. The summed E-state index contributed by atoms with van der Waals surface area (Å²) in [6.07, 6.45) is 0. The molecule has 9 heteroatoms. The zero-order valence-corrected chi connectivity index (χ0v) is 11.6. The highest BCUT2D eigenvalue weighted by Gasteiger charge is 2.28. The Morgan fingerprint density at radius 1 is 1.30 bits per heavy atom. The number of aliphatic carboxylic acids is 1. The second-order valence-electron chi connectivity index (χ2n) is 4.43.